The van der Waals surface area contributed by atoms with E-state index in [0.717, 1.165) is 10.5 Å². The van der Waals surface area contributed by atoms with Crippen LogP contribution < -0.4 is 14.8 Å². The standard InChI is InChI=1S/C26H24ClN3O6S/c27-19-6-4-5-18(15-19)13-14-29(25(32)17-36-21-7-2-1-3-8-21)23-16-24(31)30(26(23)33)20-9-11-22(12-10-20)37(28,34)35/h1-12,15,23H,13-14,16-17H2,(H2,28,34,35). The molecule has 37 heavy (non-hydrogen) atoms. The van der Waals surface area contributed by atoms with Crippen LogP contribution in [0.15, 0.2) is 83.8 Å². The van der Waals surface area contributed by atoms with E-state index in [1.165, 1.54) is 29.2 Å². The average molecular weight is 542 g/mol. The molecule has 1 aliphatic heterocycles. The second-order valence-electron chi connectivity index (χ2n) is 8.39. The van der Waals surface area contributed by atoms with Gasteiger partial charge in [0.05, 0.1) is 17.0 Å². The van der Waals surface area contributed by atoms with Gasteiger partial charge in [-0.05, 0) is 60.5 Å². The van der Waals surface area contributed by atoms with Crippen molar-refractivity contribution in [2.45, 2.75) is 23.8 Å². The lowest BCUT2D eigenvalue weighted by Crippen LogP contribution is -2.48. The number of carbonyl (C=O) groups excluding carboxylic acids is 3. The quantitative estimate of drug-likeness (QED) is 0.415. The Morgan fingerprint density at radius 1 is 1.03 bits per heavy atom. The number of imide groups is 1. The summed E-state index contributed by atoms with van der Waals surface area (Å²) in [5.41, 5.74) is 1.05. The van der Waals surface area contributed by atoms with Crippen LogP contribution in [0, 0.1) is 0 Å². The van der Waals surface area contributed by atoms with Gasteiger partial charge in [-0.2, -0.15) is 0 Å². The highest BCUT2D eigenvalue weighted by molar-refractivity contribution is 7.89. The van der Waals surface area contributed by atoms with E-state index < -0.39 is 33.8 Å². The minimum Gasteiger partial charge on any atom is -0.484 e. The van der Waals surface area contributed by atoms with Crippen LogP contribution in [-0.2, 0) is 30.8 Å². The Morgan fingerprint density at radius 2 is 1.73 bits per heavy atom. The lowest BCUT2D eigenvalue weighted by Gasteiger charge is -2.28. The largest absolute Gasteiger partial charge is 0.484 e. The van der Waals surface area contributed by atoms with Crippen LogP contribution in [0.1, 0.15) is 12.0 Å². The number of anilines is 1. The molecule has 11 heteroatoms. The maximum absolute atomic E-state index is 13.4. The van der Waals surface area contributed by atoms with Crippen LogP contribution in [0.2, 0.25) is 5.02 Å². The number of hydrogen-bond acceptors (Lipinski definition) is 6. The molecule has 3 aromatic rings. The number of halogens is 1. The zero-order chi connectivity index (χ0) is 26.6. The predicted octanol–water partition coefficient (Wildman–Crippen LogP) is 2.77. The van der Waals surface area contributed by atoms with E-state index in [1.54, 1.807) is 42.5 Å². The molecule has 1 heterocycles. The van der Waals surface area contributed by atoms with Crippen LogP contribution in [0.3, 0.4) is 0 Å². The average Bonchev–Trinajstić information content (AvgIpc) is 3.16. The summed E-state index contributed by atoms with van der Waals surface area (Å²) in [4.78, 5) is 41.7. The summed E-state index contributed by atoms with van der Waals surface area (Å²) < 4.78 is 28.7. The molecule has 1 atom stereocenters. The van der Waals surface area contributed by atoms with Crippen LogP contribution in [-0.4, -0.2) is 50.2 Å². The van der Waals surface area contributed by atoms with Gasteiger partial charge in [0.25, 0.3) is 11.8 Å². The normalized spacial score (nSPS) is 15.6. The fourth-order valence-corrected chi connectivity index (χ4v) is 4.78. The molecular weight excluding hydrogens is 518 g/mol. The van der Waals surface area contributed by atoms with E-state index in [-0.39, 0.29) is 30.2 Å². The molecule has 192 valence electrons. The van der Waals surface area contributed by atoms with E-state index in [9.17, 15) is 22.8 Å². The van der Waals surface area contributed by atoms with Crippen molar-refractivity contribution >= 4 is 45.0 Å². The zero-order valence-corrected chi connectivity index (χ0v) is 21.2. The summed E-state index contributed by atoms with van der Waals surface area (Å²) in [6.45, 7) is -0.167. The van der Waals surface area contributed by atoms with E-state index in [2.05, 4.69) is 0 Å². The molecule has 0 aliphatic carbocycles. The van der Waals surface area contributed by atoms with Crippen molar-refractivity contribution in [1.29, 1.82) is 0 Å². The number of benzene rings is 3. The van der Waals surface area contributed by atoms with E-state index >= 15 is 0 Å². The van der Waals surface area contributed by atoms with E-state index in [4.69, 9.17) is 21.5 Å². The molecular formula is C26H24ClN3O6S. The maximum atomic E-state index is 13.4. The lowest BCUT2D eigenvalue weighted by molar-refractivity contribution is -0.140. The SMILES string of the molecule is NS(=O)(=O)c1ccc(N2C(=O)CC(N(CCc3cccc(Cl)c3)C(=O)COc3ccccc3)C2=O)cc1. The van der Waals surface area contributed by atoms with Crippen molar-refractivity contribution in [1.82, 2.24) is 4.90 Å². The third-order valence-corrected chi connectivity index (χ3v) is 7.04. The Hall–Kier alpha value is -3.73. The zero-order valence-electron chi connectivity index (χ0n) is 19.6. The highest BCUT2D eigenvalue weighted by atomic mass is 35.5. The van der Waals surface area contributed by atoms with Gasteiger partial charge in [0.15, 0.2) is 6.61 Å². The van der Waals surface area contributed by atoms with Gasteiger partial charge in [-0.1, -0.05) is 41.9 Å². The summed E-state index contributed by atoms with van der Waals surface area (Å²) in [5.74, 6) is -1.06. The number of sulfonamides is 1. The molecule has 1 aliphatic rings. The Balaban J connectivity index is 1.56. The summed E-state index contributed by atoms with van der Waals surface area (Å²) in [6, 6.07) is 20.0. The van der Waals surface area contributed by atoms with Crippen molar-refractivity contribution in [3.63, 3.8) is 0 Å². The molecule has 3 aromatic carbocycles. The minimum absolute atomic E-state index is 0.150. The molecule has 4 rings (SSSR count). The van der Waals surface area contributed by atoms with Gasteiger partial charge in [-0.3, -0.25) is 14.4 Å². The van der Waals surface area contributed by atoms with Gasteiger partial charge >= 0.3 is 0 Å². The number of para-hydroxylation sites is 1. The van der Waals surface area contributed by atoms with Gasteiger partial charge in [-0.15, -0.1) is 0 Å². The summed E-state index contributed by atoms with van der Waals surface area (Å²) in [7, 11) is -3.94. The first-order chi connectivity index (χ1) is 17.6. The second kappa shape index (κ2) is 11.1. The van der Waals surface area contributed by atoms with Crippen LogP contribution >= 0.6 is 11.6 Å². The van der Waals surface area contributed by atoms with Crippen LogP contribution in [0.25, 0.3) is 0 Å². The Morgan fingerprint density at radius 3 is 2.38 bits per heavy atom. The molecule has 0 radical (unpaired) electrons. The molecule has 1 unspecified atom stereocenters. The maximum Gasteiger partial charge on any atom is 0.261 e. The molecule has 0 bridgehead atoms. The van der Waals surface area contributed by atoms with Gasteiger partial charge in [0.2, 0.25) is 15.9 Å². The second-order valence-corrected chi connectivity index (χ2v) is 10.4. The first-order valence-corrected chi connectivity index (χ1v) is 13.3. The number of nitrogens with two attached hydrogens (primary N) is 1. The highest BCUT2D eigenvalue weighted by Gasteiger charge is 2.44. The Bertz CT molecular complexity index is 1410. The van der Waals surface area contributed by atoms with Crippen molar-refractivity contribution in [2.75, 3.05) is 18.1 Å². The van der Waals surface area contributed by atoms with E-state index in [1.807, 2.05) is 12.1 Å². The molecule has 3 amide bonds. The number of ether oxygens (including phenoxy) is 1. The number of hydrogen-bond donors (Lipinski definition) is 1. The predicted molar refractivity (Wildman–Crippen MR) is 138 cm³/mol. The van der Waals surface area contributed by atoms with Crippen LogP contribution in [0.4, 0.5) is 5.69 Å². The number of primary sulfonamides is 1. The molecule has 0 saturated carbocycles. The van der Waals surface area contributed by atoms with Gasteiger partial charge in [0.1, 0.15) is 11.8 Å². The summed E-state index contributed by atoms with van der Waals surface area (Å²) >= 11 is 6.08. The lowest BCUT2D eigenvalue weighted by atomic mass is 10.1. The fraction of sp³-hybridized carbons (Fsp3) is 0.192. The molecule has 0 aromatic heterocycles. The minimum atomic E-state index is -3.94. The van der Waals surface area contributed by atoms with Gasteiger partial charge in [0, 0.05) is 11.6 Å². The summed E-state index contributed by atoms with van der Waals surface area (Å²) in [6.07, 6.45) is 0.182. The van der Waals surface area contributed by atoms with Crippen molar-refractivity contribution in [2.24, 2.45) is 5.14 Å². The number of amides is 3. The number of rotatable bonds is 9. The molecule has 1 saturated heterocycles. The molecule has 0 spiro atoms. The molecule has 9 nitrogen and oxygen atoms in total. The third-order valence-electron chi connectivity index (χ3n) is 5.88. The van der Waals surface area contributed by atoms with E-state index in [0.29, 0.717) is 17.2 Å². The highest BCUT2D eigenvalue weighted by Crippen LogP contribution is 2.27. The van der Waals surface area contributed by atoms with Crippen molar-refractivity contribution in [3.8, 4) is 5.75 Å². The number of carbonyl (C=O) groups is 3. The Labute approximate surface area is 219 Å². The monoisotopic (exact) mass is 541 g/mol. The third kappa shape index (κ3) is 6.34. The molecule has 2 N–H and O–H groups in total. The van der Waals surface area contributed by atoms with Gasteiger partial charge < -0.3 is 9.64 Å². The first kappa shape index (κ1) is 26.3. The number of nitrogens with zero attached hydrogens (tertiary/aromatic N) is 2. The van der Waals surface area contributed by atoms with Gasteiger partial charge in [-0.25, -0.2) is 18.5 Å². The first-order valence-electron chi connectivity index (χ1n) is 11.3. The van der Waals surface area contributed by atoms with Crippen molar-refractivity contribution < 1.29 is 27.5 Å². The van der Waals surface area contributed by atoms with Crippen molar-refractivity contribution in [3.05, 3.63) is 89.4 Å². The Kier molecular flexibility index (Phi) is 7.91. The molecule has 1 fully saturated rings. The fourth-order valence-electron chi connectivity index (χ4n) is 4.06. The smallest absolute Gasteiger partial charge is 0.261 e. The summed E-state index contributed by atoms with van der Waals surface area (Å²) in [5, 5.41) is 5.68. The topological polar surface area (TPSA) is 127 Å². The van der Waals surface area contributed by atoms with Crippen LogP contribution in [0.5, 0.6) is 5.75 Å².